The van der Waals surface area contributed by atoms with Crippen molar-refractivity contribution in [2.75, 3.05) is 0 Å². The average molecular weight is 364 g/mol. The van der Waals surface area contributed by atoms with Crippen LogP contribution in [0.1, 0.15) is 46.3 Å². The van der Waals surface area contributed by atoms with E-state index in [2.05, 4.69) is 33.8 Å². The Kier molecular flexibility index (Phi) is 5.41. The number of esters is 1. The summed E-state index contributed by atoms with van der Waals surface area (Å²) in [5, 5.41) is 0. The average Bonchev–Trinajstić information content (AvgIpc) is 3.15. The highest BCUT2D eigenvalue weighted by molar-refractivity contribution is 5.78. The first-order chi connectivity index (χ1) is 12.8. The standard InChI is InChI=1S/C24H28O3/c1-16(2)14-21-22(24(21,4)5)23(25)26-17(3)18-10-9-13-20(15-18)27-19-11-7-6-8-12-19/h6-15,17,21-22H,1-5H3. The van der Waals surface area contributed by atoms with Gasteiger partial charge in [0.2, 0.25) is 0 Å². The lowest BCUT2D eigenvalue weighted by atomic mass is 10.1. The topological polar surface area (TPSA) is 35.5 Å². The number of allylic oxidation sites excluding steroid dienone is 2. The van der Waals surface area contributed by atoms with E-state index in [0.717, 1.165) is 17.1 Å². The van der Waals surface area contributed by atoms with Crippen molar-refractivity contribution in [1.29, 1.82) is 0 Å². The Morgan fingerprint density at radius 2 is 1.70 bits per heavy atom. The summed E-state index contributed by atoms with van der Waals surface area (Å²) in [6.45, 7) is 10.3. The van der Waals surface area contributed by atoms with Crippen LogP contribution in [-0.4, -0.2) is 5.97 Å². The fraction of sp³-hybridized carbons (Fsp3) is 0.375. The molecule has 142 valence electrons. The predicted octanol–water partition coefficient (Wildman–Crippen LogP) is 6.32. The maximum atomic E-state index is 12.7. The minimum Gasteiger partial charge on any atom is -0.458 e. The van der Waals surface area contributed by atoms with Gasteiger partial charge in [-0.15, -0.1) is 0 Å². The van der Waals surface area contributed by atoms with E-state index >= 15 is 0 Å². The maximum Gasteiger partial charge on any atom is 0.310 e. The highest BCUT2D eigenvalue weighted by atomic mass is 16.5. The van der Waals surface area contributed by atoms with Crippen LogP contribution in [0.25, 0.3) is 0 Å². The molecular weight excluding hydrogens is 336 g/mol. The van der Waals surface area contributed by atoms with E-state index in [1.165, 1.54) is 5.57 Å². The Balaban J connectivity index is 1.66. The molecule has 0 bridgehead atoms. The minimum atomic E-state index is -0.319. The quantitative estimate of drug-likeness (QED) is 0.444. The van der Waals surface area contributed by atoms with Crippen LogP contribution in [0.3, 0.4) is 0 Å². The van der Waals surface area contributed by atoms with Gasteiger partial charge in [-0.1, -0.05) is 55.8 Å². The molecule has 0 aliphatic heterocycles. The third kappa shape index (κ3) is 4.41. The van der Waals surface area contributed by atoms with Gasteiger partial charge in [0.15, 0.2) is 0 Å². The Morgan fingerprint density at radius 1 is 1.04 bits per heavy atom. The van der Waals surface area contributed by atoms with Crippen molar-refractivity contribution in [3.05, 3.63) is 71.8 Å². The molecule has 27 heavy (non-hydrogen) atoms. The van der Waals surface area contributed by atoms with E-state index in [1.807, 2.05) is 61.5 Å². The molecule has 0 saturated heterocycles. The summed E-state index contributed by atoms with van der Waals surface area (Å²) >= 11 is 0. The number of ether oxygens (including phenoxy) is 2. The number of hydrogen-bond donors (Lipinski definition) is 0. The highest BCUT2D eigenvalue weighted by Crippen LogP contribution is 2.60. The number of hydrogen-bond acceptors (Lipinski definition) is 3. The lowest BCUT2D eigenvalue weighted by Gasteiger charge is -2.15. The molecular formula is C24H28O3. The summed E-state index contributed by atoms with van der Waals surface area (Å²) < 4.78 is 11.7. The number of para-hydroxylation sites is 1. The van der Waals surface area contributed by atoms with Crippen LogP contribution in [0, 0.1) is 17.3 Å². The molecule has 3 heteroatoms. The van der Waals surface area contributed by atoms with E-state index in [1.54, 1.807) is 0 Å². The highest BCUT2D eigenvalue weighted by Gasteiger charge is 2.61. The molecule has 3 atom stereocenters. The number of rotatable bonds is 6. The molecule has 1 aliphatic carbocycles. The first-order valence-electron chi connectivity index (χ1n) is 9.47. The third-order valence-corrected chi connectivity index (χ3v) is 5.28. The van der Waals surface area contributed by atoms with Gasteiger partial charge in [-0.3, -0.25) is 4.79 Å². The SMILES string of the molecule is CC(C)=CC1C(C(=O)OC(C)c2cccc(Oc3ccccc3)c2)C1(C)C. The van der Waals surface area contributed by atoms with Gasteiger partial charge in [0.25, 0.3) is 0 Å². The molecule has 0 heterocycles. The first kappa shape index (κ1) is 19.2. The Morgan fingerprint density at radius 3 is 2.37 bits per heavy atom. The summed E-state index contributed by atoms with van der Waals surface area (Å²) in [6, 6.07) is 17.4. The Labute approximate surface area is 162 Å². The van der Waals surface area contributed by atoms with Gasteiger partial charge in [-0.05, 0) is 61.9 Å². The molecule has 1 saturated carbocycles. The van der Waals surface area contributed by atoms with Gasteiger partial charge in [-0.25, -0.2) is 0 Å². The number of carbonyl (C=O) groups excluding carboxylic acids is 1. The van der Waals surface area contributed by atoms with Crippen LogP contribution in [0.5, 0.6) is 11.5 Å². The molecule has 0 aromatic heterocycles. The molecule has 2 aromatic carbocycles. The van der Waals surface area contributed by atoms with Crippen molar-refractivity contribution in [2.45, 2.75) is 40.7 Å². The van der Waals surface area contributed by atoms with E-state index < -0.39 is 0 Å². The summed E-state index contributed by atoms with van der Waals surface area (Å²) in [5.74, 6) is 1.58. The third-order valence-electron chi connectivity index (χ3n) is 5.28. The second-order valence-electron chi connectivity index (χ2n) is 8.14. The summed E-state index contributed by atoms with van der Waals surface area (Å²) in [4.78, 5) is 12.7. The van der Waals surface area contributed by atoms with Crippen LogP contribution in [0.4, 0.5) is 0 Å². The van der Waals surface area contributed by atoms with Crippen molar-refractivity contribution >= 4 is 5.97 Å². The van der Waals surface area contributed by atoms with Crippen molar-refractivity contribution in [2.24, 2.45) is 17.3 Å². The van der Waals surface area contributed by atoms with E-state index in [4.69, 9.17) is 9.47 Å². The van der Waals surface area contributed by atoms with Crippen LogP contribution < -0.4 is 4.74 Å². The molecule has 2 aromatic rings. The molecule has 0 N–H and O–H groups in total. The first-order valence-corrected chi connectivity index (χ1v) is 9.47. The monoisotopic (exact) mass is 364 g/mol. The molecule has 1 aliphatic rings. The molecule has 3 rings (SSSR count). The normalized spacial score (nSPS) is 21.1. The van der Waals surface area contributed by atoms with Gasteiger partial charge in [0.05, 0.1) is 5.92 Å². The van der Waals surface area contributed by atoms with Gasteiger partial charge in [0.1, 0.15) is 17.6 Å². The van der Waals surface area contributed by atoms with Crippen LogP contribution in [0.15, 0.2) is 66.2 Å². The fourth-order valence-corrected chi connectivity index (χ4v) is 3.57. The number of carbonyl (C=O) groups is 1. The van der Waals surface area contributed by atoms with Crippen molar-refractivity contribution in [1.82, 2.24) is 0 Å². The summed E-state index contributed by atoms with van der Waals surface area (Å²) in [7, 11) is 0. The zero-order valence-electron chi connectivity index (χ0n) is 16.7. The lowest BCUT2D eigenvalue weighted by Crippen LogP contribution is -2.13. The Hall–Kier alpha value is -2.55. The summed E-state index contributed by atoms with van der Waals surface area (Å²) in [5.41, 5.74) is 2.13. The maximum absolute atomic E-state index is 12.7. The second kappa shape index (κ2) is 7.59. The van der Waals surface area contributed by atoms with E-state index in [9.17, 15) is 4.79 Å². The predicted molar refractivity (Wildman–Crippen MR) is 108 cm³/mol. The van der Waals surface area contributed by atoms with Crippen LogP contribution in [0.2, 0.25) is 0 Å². The zero-order valence-corrected chi connectivity index (χ0v) is 16.7. The minimum absolute atomic E-state index is 0.0354. The van der Waals surface area contributed by atoms with Crippen molar-refractivity contribution < 1.29 is 14.3 Å². The molecule has 0 radical (unpaired) electrons. The second-order valence-corrected chi connectivity index (χ2v) is 8.14. The molecule has 0 spiro atoms. The molecule has 1 fully saturated rings. The largest absolute Gasteiger partial charge is 0.458 e. The van der Waals surface area contributed by atoms with Gasteiger partial charge in [0, 0.05) is 0 Å². The zero-order chi connectivity index (χ0) is 19.6. The number of benzene rings is 2. The van der Waals surface area contributed by atoms with Gasteiger partial charge < -0.3 is 9.47 Å². The smallest absolute Gasteiger partial charge is 0.310 e. The molecule has 0 amide bonds. The lowest BCUT2D eigenvalue weighted by molar-refractivity contribution is -0.151. The van der Waals surface area contributed by atoms with E-state index in [0.29, 0.717) is 0 Å². The van der Waals surface area contributed by atoms with Gasteiger partial charge >= 0.3 is 5.97 Å². The van der Waals surface area contributed by atoms with Gasteiger partial charge in [-0.2, -0.15) is 0 Å². The molecule has 3 unspecified atom stereocenters. The van der Waals surface area contributed by atoms with Crippen molar-refractivity contribution in [3.8, 4) is 11.5 Å². The molecule has 3 nitrogen and oxygen atoms in total. The van der Waals surface area contributed by atoms with E-state index in [-0.39, 0.29) is 29.3 Å². The Bertz CT molecular complexity index is 832. The summed E-state index contributed by atoms with van der Waals surface area (Å²) in [6.07, 6.45) is 1.87. The fourth-order valence-electron chi connectivity index (χ4n) is 3.57. The van der Waals surface area contributed by atoms with Crippen molar-refractivity contribution in [3.63, 3.8) is 0 Å². The van der Waals surface area contributed by atoms with Crippen LogP contribution >= 0.6 is 0 Å². The van der Waals surface area contributed by atoms with Crippen LogP contribution in [-0.2, 0) is 9.53 Å².